The number of rotatable bonds is 11. The van der Waals surface area contributed by atoms with Gasteiger partial charge in [-0.05, 0) is 68.4 Å². The second-order valence-electron chi connectivity index (χ2n) is 9.51. The number of aromatic nitrogens is 1. The highest BCUT2D eigenvalue weighted by Gasteiger charge is 2.32. The van der Waals surface area contributed by atoms with Crippen molar-refractivity contribution in [2.75, 3.05) is 45.7 Å². The number of hydrogen-bond acceptors (Lipinski definition) is 7. The molecule has 0 atom stereocenters. The molecule has 3 aromatic rings. The third-order valence-corrected chi connectivity index (χ3v) is 5.59. The molecule has 10 heteroatoms. The van der Waals surface area contributed by atoms with Gasteiger partial charge in [-0.25, -0.2) is 13.2 Å². The van der Waals surface area contributed by atoms with E-state index >= 15 is 0 Å². The summed E-state index contributed by atoms with van der Waals surface area (Å²) in [6, 6.07) is 14.6. The Hall–Kier alpha value is -4.15. The predicted octanol–water partition coefficient (Wildman–Crippen LogP) is 7.02. The number of aliphatic hydroxyl groups is 1. The molecule has 0 aliphatic rings. The number of carbonyl (C=O) groups excluding carboxylic acids is 3. The molecule has 7 nitrogen and oxygen atoms in total. The second-order valence-corrected chi connectivity index (χ2v) is 9.51. The van der Waals surface area contributed by atoms with Crippen molar-refractivity contribution < 1.29 is 32.7 Å². The summed E-state index contributed by atoms with van der Waals surface area (Å²) in [7, 11) is 4.82. The van der Waals surface area contributed by atoms with Crippen LogP contribution in [0.25, 0.3) is 6.08 Å². The van der Waals surface area contributed by atoms with E-state index in [0.717, 1.165) is 11.1 Å². The van der Waals surface area contributed by atoms with Crippen LogP contribution in [0.2, 0.25) is 0 Å². The highest BCUT2D eigenvalue weighted by atomic mass is 19.3. The summed E-state index contributed by atoms with van der Waals surface area (Å²) in [5, 5.41) is 9.32. The van der Waals surface area contributed by atoms with Crippen molar-refractivity contribution in [3.05, 3.63) is 100 Å². The lowest BCUT2D eigenvalue weighted by molar-refractivity contribution is -0.0980. The monoisotopic (exact) mass is 631 g/mol. The van der Waals surface area contributed by atoms with Crippen molar-refractivity contribution in [2.24, 2.45) is 0 Å². The Morgan fingerprint density at radius 3 is 1.84 bits per heavy atom. The van der Waals surface area contributed by atoms with Gasteiger partial charge in [-0.3, -0.25) is 14.6 Å². The number of nitrogens with zero attached hydrogens (tertiary/aromatic N) is 3. The van der Waals surface area contributed by atoms with Gasteiger partial charge >= 0.3 is 0 Å². The largest absolute Gasteiger partial charge is 0.392 e. The van der Waals surface area contributed by atoms with E-state index in [9.17, 15) is 27.9 Å². The molecule has 1 N–H and O–H groups in total. The minimum atomic E-state index is -2.90. The van der Waals surface area contributed by atoms with E-state index in [-0.39, 0.29) is 19.0 Å². The van der Waals surface area contributed by atoms with Crippen LogP contribution in [0.4, 0.5) is 18.9 Å². The molecule has 45 heavy (non-hydrogen) atoms. The Labute approximate surface area is 266 Å². The zero-order valence-corrected chi connectivity index (χ0v) is 27.7. The van der Waals surface area contributed by atoms with Gasteiger partial charge in [0.25, 0.3) is 5.92 Å². The molecule has 0 radical (unpaired) electrons. The summed E-state index contributed by atoms with van der Waals surface area (Å²) in [5.41, 5.74) is 4.36. The van der Waals surface area contributed by atoms with Crippen LogP contribution in [0.3, 0.4) is 0 Å². The molecule has 0 aliphatic heterocycles. The Morgan fingerprint density at radius 1 is 0.889 bits per heavy atom. The van der Waals surface area contributed by atoms with Crippen LogP contribution >= 0.6 is 0 Å². The molecule has 1 aromatic heterocycles. The number of halogens is 3. The fraction of sp³-hybridized carbons (Fsp3) is 0.371. The highest BCUT2D eigenvalue weighted by molar-refractivity contribution is 5.90. The van der Waals surface area contributed by atoms with Gasteiger partial charge in [0.05, 0.1) is 31.1 Å². The lowest BCUT2D eigenvalue weighted by atomic mass is 10.0. The highest BCUT2D eigenvalue weighted by Crippen LogP contribution is 2.26. The van der Waals surface area contributed by atoms with Gasteiger partial charge < -0.3 is 19.7 Å². The first kappa shape index (κ1) is 43.0. The molecule has 248 valence electrons. The third kappa shape index (κ3) is 17.1. The van der Waals surface area contributed by atoms with Crippen LogP contribution < -0.4 is 4.90 Å². The quantitative estimate of drug-likeness (QED) is 0.228. The summed E-state index contributed by atoms with van der Waals surface area (Å²) < 4.78 is 41.9. The van der Waals surface area contributed by atoms with Gasteiger partial charge in [0, 0.05) is 24.4 Å². The zero-order valence-electron chi connectivity index (χ0n) is 27.7. The van der Waals surface area contributed by atoms with E-state index in [1.165, 1.54) is 21.9 Å². The normalized spacial score (nSPS) is 10.4. The summed E-state index contributed by atoms with van der Waals surface area (Å²) in [6.07, 6.45) is 5.21. The van der Waals surface area contributed by atoms with E-state index in [2.05, 4.69) is 4.98 Å². The van der Waals surface area contributed by atoms with E-state index in [1.807, 2.05) is 40.6 Å². The molecule has 0 fully saturated rings. The van der Waals surface area contributed by atoms with Crippen LogP contribution in [0.15, 0.2) is 66.4 Å². The van der Waals surface area contributed by atoms with E-state index in [0.29, 0.717) is 47.1 Å². The van der Waals surface area contributed by atoms with Crippen molar-refractivity contribution in [1.29, 1.82) is 0 Å². The van der Waals surface area contributed by atoms with Gasteiger partial charge in [-0.15, -0.1) is 0 Å². The standard InChI is InChI=1S/C22H28F3N3O.C8H6O2.2C2H6.CH2O/c1-16(13-29)9-20-21(28(4)15-22(24,25)14-27(2)3)11-18(12-26-20)10-17-5-7-19(23)8-6-17;9-5-7-3-1-2-4-8(7)6-10;3*1-2/h5-9,11-12,29H,10,13-15H2,1-4H3;1-6H;2*1-2H3;1H2/b16-9+;;;;. The van der Waals surface area contributed by atoms with E-state index < -0.39 is 12.5 Å². The molecular formula is C35H48F3N3O4. The maximum absolute atomic E-state index is 14.4. The van der Waals surface area contributed by atoms with Crippen LogP contribution in [0.1, 0.15) is 72.2 Å². The molecule has 0 saturated heterocycles. The Morgan fingerprint density at radius 2 is 1.40 bits per heavy atom. The van der Waals surface area contributed by atoms with Crippen molar-refractivity contribution in [2.45, 2.75) is 47.0 Å². The Bertz CT molecular complexity index is 1260. The number of alkyl halides is 2. The number of anilines is 1. The number of pyridine rings is 1. The zero-order chi connectivity index (χ0) is 35.0. The first-order valence-electron chi connectivity index (χ1n) is 14.5. The maximum atomic E-state index is 14.4. The van der Waals surface area contributed by atoms with Gasteiger partial charge in [0.2, 0.25) is 0 Å². The third-order valence-electron chi connectivity index (χ3n) is 5.59. The number of benzene rings is 2. The predicted molar refractivity (Wildman–Crippen MR) is 178 cm³/mol. The van der Waals surface area contributed by atoms with Crippen LogP contribution in [0, 0.1) is 5.82 Å². The molecule has 1 heterocycles. The molecule has 0 bridgehead atoms. The van der Waals surface area contributed by atoms with E-state index in [4.69, 9.17) is 4.79 Å². The van der Waals surface area contributed by atoms with Crippen molar-refractivity contribution in [3.8, 4) is 0 Å². The number of carbonyl (C=O) groups is 3. The van der Waals surface area contributed by atoms with Crippen molar-refractivity contribution in [3.63, 3.8) is 0 Å². The summed E-state index contributed by atoms with van der Waals surface area (Å²) in [4.78, 5) is 35.8. The fourth-order valence-corrected chi connectivity index (χ4v) is 3.81. The summed E-state index contributed by atoms with van der Waals surface area (Å²) >= 11 is 0. The minimum absolute atomic E-state index is 0.140. The lowest BCUT2D eigenvalue weighted by Crippen LogP contribution is -2.42. The topological polar surface area (TPSA) is 90.8 Å². The molecule has 0 aliphatic carbocycles. The van der Waals surface area contributed by atoms with Crippen molar-refractivity contribution >= 4 is 31.1 Å². The Balaban J connectivity index is 0. The Kier molecular flexibility index (Phi) is 23.1. The SMILES string of the molecule is C/C(=C\c1ncc(Cc2ccc(F)cc2)cc1N(C)CC(F)(F)CN(C)C)CO.C=O.CC.CC.O=Cc1ccccc1C=O. The first-order valence-corrected chi connectivity index (χ1v) is 14.5. The maximum Gasteiger partial charge on any atom is 0.277 e. The molecule has 0 spiro atoms. The first-order chi connectivity index (χ1) is 21.5. The summed E-state index contributed by atoms with van der Waals surface area (Å²) in [5.74, 6) is -3.21. The van der Waals surface area contributed by atoms with Crippen molar-refractivity contribution in [1.82, 2.24) is 9.88 Å². The minimum Gasteiger partial charge on any atom is -0.392 e. The smallest absolute Gasteiger partial charge is 0.277 e. The second kappa shape index (κ2) is 24.2. The van der Waals surface area contributed by atoms with Crippen LogP contribution in [-0.4, -0.2) is 81.1 Å². The molecular weight excluding hydrogens is 583 g/mol. The van der Waals surface area contributed by atoms with Gasteiger partial charge in [-0.1, -0.05) is 64.1 Å². The van der Waals surface area contributed by atoms with Gasteiger partial charge in [0.15, 0.2) is 12.6 Å². The molecule has 0 amide bonds. The molecule has 3 rings (SSSR count). The van der Waals surface area contributed by atoms with Gasteiger partial charge in [0.1, 0.15) is 12.6 Å². The number of hydrogen-bond donors (Lipinski definition) is 1. The fourth-order valence-electron chi connectivity index (χ4n) is 3.81. The average molecular weight is 632 g/mol. The van der Waals surface area contributed by atoms with Crippen LogP contribution in [-0.2, 0) is 11.2 Å². The molecule has 0 saturated carbocycles. The molecule has 0 unspecified atom stereocenters. The molecule has 2 aromatic carbocycles. The summed E-state index contributed by atoms with van der Waals surface area (Å²) in [6.45, 7) is 10.8. The lowest BCUT2D eigenvalue weighted by Gasteiger charge is -2.28. The van der Waals surface area contributed by atoms with E-state index in [1.54, 1.807) is 76.7 Å². The van der Waals surface area contributed by atoms with Crippen LogP contribution in [0.5, 0.6) is 0 Å². The number of aldehydes is 2. The number of aliphatic hydroxyl groups excluding tert-OH is 1. The average Bonchev–Trinajstić information content (AvgIpc) is 3.05. The van der Waals surface area contributed by atoms with Gasteiger partial charge in [-0.2, -0.15) is 0 Å².